The van der Waals surface area contributed by atoms with Crippen LogP contribution < -0.4 is 0 Å². The highest BCUT2D eigenvalue weighted by Crippen LogP contribution is 2.39. The largest absolute Gasteiger partial charge is 0.446 e. The van der Waals surface area contributed by atoms with Gasteiger partial charge in [-0.15, -0.1) is 0 Å². The first kappa shape index (κ1) is 11.1. The van der Waals surface area contributed by atoms with Crippen LogP contribution in [0, 0.1) is 12.3 Å². The highest BCUT2D eigenvalue weighted by atomic mass is 19.4. The van der Waals surface area contributed by atoms with Crippen LogP contribution in [0.15, 0.2) is 10.6 Å². The molecule has 0 atom stereocenters. The molecule has 0 spiro atoms. The average Bonchev–Trinajstić information content (AvgIpc) is 2.31. The number of nitrogens with zero attached hydrogens (tertiary/aromatic N) is 1. The van der Waals surface area contributed by atoms with Crippen LogP contribution in [0.2, 0.25) is 0 Å². The molecule has 0 amide bonds. The summed E-state index contributed by atoms with van der Waals surface area (Å²) < 4.78 is 42.4. The summed E-state index contributed by atoms with van der Waals surface area (Å²) in [6.45, 7) is 3.91. The predicted molar refractivity (Wildman–Crippen MR) is 44.8 cm³/mol. The van der Waals surface area contributed by atoms with Crippen molar-refractivity contribution in [2.75, 3.05) is 0 Å². The summed E-state index contributed by atoms with van der Waals surface area (Å²) in [7, 11) is 0. The van der Waals surface area contributed by atoms with E-state index in [1.165, 1.54) is 6.20 Å². The molecule has 0 fully saturated rings. The molecule has 0 radical (unpaired) electrons. The molecule has 0 aromatic carbocycles. The van der Waals surface area contributed by atoms with Crippen LogP contribution >= 0.6 is 0 Å². The molecule has 80 valence electrons. The van der Waals surface area contributed by atoms with Gasteiger partial charge in [-0.2, -0.15) is 13.2 Å². The minimum Gasteiger partial charge on any atom is -0.446 e. The van der Waals surface area contributed by atoms with E-state index >= 15 is 0 Å². The molecular formula is C9H12F3NO. The number of rotatable bonds is 2. The minimum absolute atomic E-state index is 0.129. The standard InChI is InChI=1S/C9H12F3NO/c1-6-5-13-7(14-6)4-8(2,3)9(10,11)12/h5H,4H2,1-3H3. The lowest BCUT2D eigenvalue weighted by atomic mass is 9.89. The lowest BCUT2D eigenvalue weighted by Crippen LogP contribution is -2.34. The van der Waals surface area contributed by atoms with Crippen molar-refractivity contribution < 1.29 is 17.6 Å². The highest BCUT2D eigenvalue weighted by Gasteiger charge is 2.47. The lowest BCUT2D eigenvalue weighted by Gasteiger charge is -2.25. The molecule has 0 N–H and O–H groups in total. The third-order valence-electron chi connectivity index (χ3n) is 2.03. The zero-order valence-electron chi connectivity index (χ0n) is 8.27. The SMILES string of the molecule is Cc1cnc(CC(C)(C)C(F)(F)F)o1. The van der Waals surface area contributed by atoms with Gasteiger partial charge >= 0.3 is 6.18 Å². The van der Waals surface area contributed by atoms with Crippen LogP contribution in [0.1, 0.15) is 25.5 Å². The second-order valence-corrected chi connectivity index (χ2v) is 3.92. The maximum atomic E-state index is 12.5. The maximum absolute atomic E-state index is 12.5. The third kappa shape index (κ3) is 2.27. The molecule has 0 aliphatic heterocycles. The number of aromatic nitrogens is 1. The van der Waals surface area contributed by atoms with E-state index in [4.69, 9.17) is 4.42 Å². The van der Waals surface area contributed by atoms with Crippen LogP contribution in [0.5, 0.6) is 0 Å². The van der Waals surface area contributed by atoms with Gasteiger partial charge in [0.15, 0.2) is 5.89 Å². The molecule has 1 aromatic heterocycles. The molecule has 1 aromatic rings. The fourth-order valence-corrected chi connectivity index (χ4v) is 0.961. The van der Waals surface area contributed by atoms with Crippen LogP contribution in [-0.4, -0.2) is 11.2 Å². The Hall–Kier alpha value is -1.00. The fourth-order valence-electron chi connectivity index (χ4n) is 0.961. The summed E-state index contributed by atoms with van der Waals surface area (Å²) in [5, 5.41) is 0. The van der Waals surface area contributed by atoms with Gasteiger partial charge in [-0.1, -0.05) is 13.8 Å². The Balaban J connectivity index is 2.78. The number of halogens is 3. The number of oxazole rings is 1. The normalized spacial score (nSPS) is 13.3. The molecule has 14 heavy (non-hydrogen) atoms. The smallest absolute Gasteiger partial charge is 0.394 e. The van der Waals surface area contributed by atoms with Gasteiger partial charge < -0.3 is 4.42 Å². The number of alkyl halides is 3. The van der Waals surface area contributed by atoms with Gasteiger partial charge in [0.2, 0.25) is 0 Å². The Morgan fingerprint density at radius 1 is 1.36 bits per heavy atom. The first-order valence-corrected chi connectivity index (χ1v) is 4.20. The second-order valence-electron chi connectivity index (χ2n) is 3.92. The van der Waals surface area contributed by atoms with Crippen molar-refractivity contribution in [3.05, 3.63) is 17.8 Å². The molecule has 0 unspecified atom stereocenters. The van der Waals surface area contributed by atoms with Crippen molar-refractivity contribution in [3.8, 4) is 0 Å². The summed E-state index contributed by atoms with van der Waals surface area (Å²) in [4.78, 5) is 3.75. The minimum atomic E-state index is -4.24. The van der Waals surface area contributed by atoms with E-state index in [1.54, 1.807) is 6.92 Å². The van der Waals surface area contributed by atoms with E-state index in [0.717, 1.165) is 13.8 Å². The van der Waals surface area contributed by atoms with Crippen molar-refractivity contribution in [1.82, 2.24) is 4.98 Å². The number of aryl methyl sites for hydroxylation is 1. The molecular weight excluding hydrogens is 195 g/mol. The first-order chi connectivity index (χ1) is 6.22. The summed E-state index contributed by atoms with van der Waals surface area (Å²) in [5.41, 5.74) is -1.80. The zero-order chi connectivity index (χ0) is 11.0. The van der Waals surface area contributed by atoms with E-state index in [9.17, 15) is 13.2 Å². The topological polar surface area (TPSA) is 26.0 Å². The van der Waals surface area contributed by atoms with Crippen molar-refractivity contribution in [3.63, 3.8) is 0 Å². The quantitative estimate of drug-likeness (QED) is 0.744. The molecule has 2 nitrogen and oxygen atoms in total. The molecule has 0 aliphatic carbocycles. The monoisotopic (exact) mass is 207 g/mol. The van der Waals surface area contributed by atoms with Gasteiger partial charge in [-0.25, -0.2) is 4.98 Å². The first-order valence-electron chi connectivity index (χ1n) is 4.20. The van der Waals surface area contributed by atoms with Crippen LogP contribution in [-0.2, 0) is 6.42 Å². The Morgan fingerprint density at radius 3 is 2.29 bits per heavy atom. The van der Waals surface area contributed by atoms with Gasteiger partial charge in [-0.05, 0) is 6.92 Å². The highest BCUT2D eigenvalue weighted by molar-refractivity contribution is 4.95. The molecule has 0 saturated heterocycles. The van der Waals surface area contributed by atoms with E-state index in [-0.39, 0.29) is 12.3 Å². The average molecular weight is 207 g/mol. The van der Waals surface area contributed by atoms with Crippen molar-refractivity contribution in [2.45, 2.75) is 33.4 Å². The van der Waals surface area contributed by atoms with E-state index in [0.29, 0.717) is 5.76 Å². The van der Waals surface area contributed by atoms with Crippen molar-refractivity contribution in [2.24, 2.45) is 5.41 Å². The summed E-state index contributed by atoms with van der Waals surface area (Å²) in [5.74, 6) is 0.655. The van der Waals surface area contributed by atoms with E-state index in [1.807, 2.05) is 0 Å². The molecule has 0 saturated carbocycles. The summed E-state index contributed by atoms with van der Waals surface area (Å²) >= 11 is 0. The van der Waals surface area contributed by atoms with Gasteiger partial charge in [0.25, 0.3) is 0 Å². The zero-order valence-corrected chi connectivity index (χ0v) is 8.27. The maximum Gasteiger partial charge on any atom is 0.394 e. The van der Waals surface area contributed by atoms with Gasteiger partial charge in [0.1, 0.15) is 5.76 Å². The second kappa shape index (κ2) is 3.29. The van der Waals surface area contributed by atoms with Crippen LogP contribution in [0.3, 0.4) is 0 Å². The summed E-state index contributed by atoms with van der Waals surface area (Å²) in [6.07, 6.45) is -3.05. The number of hydrogen-bond donors (Lipinski definition) is 0. The molecule has 0 aliphatic rings. The lowest BCUT2D eigenvalue weighted by molar-refractivity contribution is -0.212. The Labute approximate surface area is 80.1 Å². The van der Waals surface area contributed by atoms with Crippen molar-refractivity contribution in [1.29, 1.82) is 0 Å². The Morgan fingerprint density at radius 2 is 1.93 bits per heavy atom. The Kier molecular flexibility index (Phi) is 2.61. The van der Waals surface area contributed by atoms with Gasteiger partial charge in [-0.3, -0.25) is 0 Å². The van der Waals surface area contributed by atoms with E-state index in [2.05, 4.69) is 4.98 Å². The van der Waals surface area contributed by atoms with E-state index < -0.39 is 11.6 Å². The summed E-state index contributed by atoms with van der Waals surface area (Å²) in [6, 6.07) is 0. The molecule has 1 rings (SSSR count). The van der Waals surface area contributed by atoms with Gasteiger partial charge in [0, 0.05) is 6.42 Å². The van der Waals surface area contributed by atoms with Crippen LogP contribution in [0.4, 0.5) is 13.2 Å². The van der Waals surface area contributed by atoms with Gasteiger partial charge in [0.05, 0.1) is 11.6 Å². The predicted octanol–water partition coefficient (Wildman–Crippen LogP) is 3.11. The molecule has 5 heteroatoms. The molecule has 1 heterocycles. The van der Waals surface area contributed by atoms with Crippen LogP contribution in [0.25, 0.3) is 0 Å². The number of hydrogen-bond acceptors (Lipinski definition) is 2. The van der Waals surface area contributed by atoms with Crippen molar-refractivity contribution >= 4 is 0 Å². The fraction of sp³-hybridized carbons (Fsp3) is 0.667. The molecule has 0 bridgehead atoms. The third-order valence-corrected chi connectivity index (χ3v) is 2.03. The Bertz CT molecular complexity index is 314.